The predicted molar refractivity (Wildman–Crippen MR) is 64.2 cm³/mol. The van der Waals surface area contributed by atoms with Crippen molar-refractivity contribution in [1.82, 2.24) is 10.2 Å². The van der Waals surface area contributed by atoms with Crippen LogP contribution in [0.3, 0.4) is 0 Å². The molecule has 1 aliphatic heterocycles. The lowest BCUT2D eigenvalue weighted by Gasteiger charge is -2.31. The maximum absolute atomic E-state index is 11.6. The zero-order valence-corrected chi connectivity index (χ0v) is 10.2. The van der Waals surface area contributed by atoms with Crippen molar-refractivity contribution in [2.75, 3.05) is 32.8 Å². The SMILES string of the molecule is CCCCN1CCC(C(=O)NCCO)CC1. The number of unbranched alkanes of at least 4 members (excludes halogenated alkanes) is 1. The van der Waals surface area contributed by atoms with Gasteiger partial charge in [0.15, 0.2) is 0 Å². The maximum Gasteiger partial charge on any atom is 0.223 e. The third-order valence-corrected chi connectivity index (χ3v) is 3.20. The summed E-state index contributed by atoms with van der Waals surface area (Å²) in [6.45, 7) is 5.86. The Morgan fingerprint density at radius 2 is 2.12 bits per heavy atom. The molecule has 1 saturated heterocycles. The number of carbonyl (C=O) groups is 1. The zero-order chi connectivity index (χ0) is 11.8. The fraction of sp³-hybridized carbons (Fsp3) is 0.917. The van der Waals surface area contributed by atoms with Crippen molar-refractivity contribution in [3.8, 4) is 0 Å². The average molecular weight is 228 g/mol. The summed E-state index contributed by atoms with van der Waals surface area (Å²) in [4.78, 5) is 14.1. The van der Waals surface area contributed by atoms with E-state index in [2.05, 4.69) is 17.1 Å². The van der Waals surface area contributed by atoms with E-state index in [-0.39, 0.29) is 18.4 Å². The van der Waals surface area contributed by atoms with Gasteiger partial charge in [-0.15, -0.1) is 0 Å². The molecule has 16 heavy (non-hydrogen) atoms. The standard InChI is InChI=1S/C12H24N2O2/c1-2-3-7-14-8-4-11(5-9-14)12(16)13-6-10-15/h11,15H,2-10H2,1H3,(H,13,16). The normalized spacial score (nSPS) is 18.6. The van der Waals surface area contributed by atoms with Crippen LogP contribution in [0, 0.1) is 5.92 Å². The molecule has 1 rings (SSSR count). The molecule has 4 nitrogen and oxygen atoms in total. The van der Waals surface area contributed by atoms with Crippen molar-refractivity contribution in [2.45, 2.75) is 32.6 Å². The molecule has 0 aromatic carbocycles. The van der Waals surface area contributed by atoms with E-state index >= 15 is 0 Å². The fourth-order valence-electron chi connectivity index (χ4n) is 2.12. The number of piperidine rings is 1. The number of hydrogen-bond acceptors (Lipinski definition) is 3. The summed E-state index contributed by atoms with van der Waals surface area (Å²) in [5.41, 5.74) is 0. The van der Waals surface area contributed by atoms with Gasteiger partial charge in [0.2, 0.25) is 5.91 Å². The van der Waals surface area contributed by atoms with Crippen molar-refractivity contribution in [3.05, 3.63) is 0 Å². The van der Waals surface area contributed by atoms with Gasteiger partial charge >= 0.3 is 0 Å². The van der Waals surface area contributed by atoms with Crippen molar-refractivity contribution >= 4 is 5.91 Å². The minimum absolute atomic E-state index is 0.0289. The molecule has 0 radical (unpaired) electrons. The Balaban J connectivity index is 2.18. The van der Waals surface area contributed by atoms with Crippen molar-refractivity contribution in [2.24, 2.45) is 5.92 Å². The second kappa shape index (κ2) is 7.63. The van der Waals surface area contributed by atoms with Crippen LogP contribution in [0.25, 0.3) is 0 Å². The number of carbonyl (C=O) groups excluding carboxylic acids is 1. The Morgan fingerprint density at radius 1 is 1.44 bits per heavy atom. The lowest BCUT2D eigenvalue weighted by Crippen LogP contribution is -2.41. The quantitative estimate of drug-likeness (QED) is 0.700. The van der Waals surface area contributed by atoms with E-state index in [1.54, 1.807) is 0 Å². The highest BCUT2D eigenvalue weighted by Gasteiger charge is 2.23. The first-order chi connectivity index (χ1) is 7.77. The monoisotopic (exact) mass is 228 g/mol. The molecular formula is C12H24N2O2. The van der Waals surface area contributed by atoms with Crippen LogP contribution in [0.4, 0.5) is 0 Å². The van der Waals surface area contributed by atoms with E-state index < -0.39 is 0 Å². The van der Waals surface area contributed by atoms with Gasteiger partial charge in [0, 0.05) is 12.5 Å². The number of aliphatic hydroxyl groups is 1. The van der Waals surface area contributed by atoms with Crippen LogP contribution in [-0.4, -0.2) is 48.7 Å². The van der Waals surface area contributed by atoms with Gasteiger partial charge in [-0.1, -0.05) is 13.3 Å². The number of amides is 1. The summed E-state index contributed by atoms with van der Waals surface area (Å²) >= 11 is 0. The number of nitrogens with one attached hydrogen (secondary N) is 1. The molecule has 0 aliphatic carbocycles. The lowest BCUT2D eigenvalue weighted by atomic mass is 9.96. The highest BCUT2D eigenvalue weighted by atomic mass is 16.3. The summed E-state index contributed by atoms with van der Waals surface area (Å²) in [5.74, 6) is 0.272. The first-order valence-electron chi connectivity index (χ1n) is 6.38. The molecule has 0 unspecified atom stereocenters. The van der Waals surface area contributed by atoms with Gasteiger partial charge < -0.3 is 15.3 Å². The number of hydrogen-bond donors (Lipinski definition) is 2. The van der Waals surface area contributed by atoms with Crippen LogP contribution in [-0.2, 0) is 4.79 Å². The van der Waals surface area contributed by atoms with Crippen LogP contribution in [0.1, 0.15) is 32.6 Å². The molecule has 0 atom stereocenters. The predicted octanol–water partition coefficient (Wildman–Crippen LogP) is 0.607. The van der Waals surface area contributed by atoms with Crippen LogP contribution in [0.5, 0.6) is 0 Å². The highest BCUT2D eigenvalue weighted by Crippen LogP contribution is 2.17. The number of likely N-dealkylation sites (tertiary alicyclic amines) is 1. The van der Waals surface area contributed by atoms with Gasteiger partial charge in [0.1, 0.15) is 0 Å². The van der Waals surface area contributed by atoms with E-state index in [1.807, 2.05) is 0 Å². The van der Waals surface area contributed by atoms with Crippen LogP contribution in [0.2, 0.25) is 0 Å². The first kappa shape index (κ1) is 13.5. The molecule has 2 N–H and O–H groups in total. The molecular weight excluding hydrogens is 204 g/mol. The van der Waals surface area contributed by atoms with E-state index in [0.717, 1.165) is 25.9 Å². The largest absolute Gasteiger partial charge is 0.395 e. The van der Waals surface area contributed by atoms with Gasteiger partial charge in [-0.25, -0.2) is 0 Å². The smallest absolute Gasteiger partial charge is 0.223 e. The van der Waals surface area contributed by atoms with Gasteiger partial charge in [-0.2, -0.15) is 0 Å². The number of nitrogens with zero attached hydrogens (tertiary/aromatic N) is 1. The second-order valence-electron chi connectivity index (χ2n) is 4.48. The Morgan fingerprint density at radius 3 is 2.69 bits per heavy atom. The van der Waals surface area contributed by atoms with Gasteiger partial charge in [0.25, 0.3) is 0 Å². The maximum atomic E-state index is 11.6. The molecule has 0 saturated carbocycles. The third kappa shape index (κ3) is 4.49. The summed E-state index contributed by atoms with van der Waals surface area (Å²) in [7, 11) is 0. The Bertz CT molecular complexity index is 201. The Labute approximate surface area is 98.0 Å². The summed E-state index contributed by atoms with van der Waals surface area (Å²) in [5, 5.41) is 11.4. The van der Waals surface area contributed by atoms with E-state index in [9.17, 15) is 4.79 Å². The first-order valence-corrected chi connectivity index (χ1v) is 6.38. The van der Waals surface area contributed by atoms with Gasteiger partial charge in [0.05, 0.1) is 6.61 Å². The molecule has 0 spiro atoms. The van der Waals surface area contributed by atoms with Crippen molar-refractivity contribution in [1.29, 1.82) is 0 Å². The molecule has 1 amide bonds. The molecule has 0 aromatic rings. The van der Waals surface area contributed by atoms with Gasteiger partial charge in [-0.3, -0.25) is 4.79 Å². The second-order valence-corrected chi connectivity index (χ2v) is 4.48. The number of aliphatic hydroxyl groups excluding tert-OH is 1. The van der Waals surface area contributed by atoms with Crippen LogP contribution in [0.15, 0.2) is 0 Å². The molecule has 0 aromatic heterocycles. The van der Waals surface area contributed by atoms with E-state index in [4.69, 9.17) is 5.11 Å². The molecule has 1 heterocycles. The van der Waals surface area contributed by atoms with Crippen molar-refractivity contribution < 1.29 is 9.90 Å². The summed E-state index contributed by atoms with van der Waals surface area (Å²) in [6.07, 6.45) is 4.40. The van der Waals surface area contributed by atoms with Crippen molar-refractivity contribution in [3.63, 3.8) is 0 Å². The average Bonchev–Trinajstić information content (AvgIpc) is 2.34. The topological polar surface area (TPSA) is 52.6 Å². The molecule has 4 heteroatoms. The van der Waals surface area contributed by atoms with E-state index in [0.29, 0.717) is 6.54 Å². The minimum atomic E-state index is 0.0289. The van der Waals surface area contributed by atoms with E-state index in [1.165, 1.54) is 19.4 Å². The van der Waals surface area contributed by atoms with Crippen LogP contribution < -0.4 is 5.32 Å². The Hall–Kier alpha value is -0.610. The minimum Gasteiger partial charge on any atom is -0.395 e. The zero-order valence-electron chi connectivity index (χ0n) is 10.2. The Kier molecular flexibility index (Phi) is 6.42. The molecule has 0 bridgehead atoms. The lowest BCUT2D eigenvalue weighted by molar-refractivity contribution is -0.126. The molecule has 94 valence electrons. The number of rotatable bonds is 6. The molecule has 1 aliphatic rings. The summed E-state index contributed by atoms with van der Waals surface area (Å²) in [6, 6.07) is 0. The fourth-order valence-corrected chi connectivity index (χ4v) is 2.12. The van der Waals surface area contributed by atoms with Crippen LogP contribution >= 0.6 is 0 Å². The molecule has 1 fully saturated rings. The summed E-state index contributed by atoms with van der Waals surface area (Å²) < 4.78 is 0. The highest BCUT2D eigenvalue weighted by molar-refractivity contribution is 5.78. The third-order valence-electron chi connectivity index (χ3n) is 3.20. The van der Waals surface area contributed by atoms with Gasteiger partial charge in [-0.05, 0) is 38.9 Å².